The summed E-state index contributed by atoms with van der Waals surface area (Å²) in [6.45, 7) is 8.07. The standard InChI is InChI=1S/C18H23N5O3/c1-12-11-16(21-14(3)19-12)22-6-8-23(9-7-22)18(25)13(2)20-17(24)15-5-4-10-26-15/h4-5,10-11,13H,6-9H2,1-3H3,(H,20,24). The third kappa shape index (κ3) is 4.01. The Labute approximate surface area is 152 Å². The van der Waals surface area contributed by atoms with Gasteiger partial charge in [-0.1, -0.05) is 0 Å². The Morgan fingerprint density at radius 1 is 1.19 bits per heavy atom. The van der Waals surface area contributed by atoms with Gasteiger partial charge in [0.25, 0.3) is 5.91 Å². The Morgan fingerprint density at radius 2 is 1.92 bits per heavy atom. The molecule has 1 fully saturated rings. The summed E-state index contributed by atoms with van der Waals surface area (Å²) in [6, 6.07) is 4.55. The van der Waals surface area contributed by atoms with Crippen LogP contribution in [0.1, 0.15) is 29.0 Å². The van der Waals surface area contributed by atoms with Crippen LogP contribution in [0, 0.1) is 13.8 Å². The van der Waals surface area contributed by atoms with Gasteiger partial charge < -0.3 is 19.5 Å². The topological polar surface area (TPSA) is 91.6 Å². The minimum atomic E-state index is -0.609. The highest BCUT2D eigenvalue weighted by Gasteiger charge is 2.27. The van der Waals surface area contributed by atoms with Gasteiger partial charge >= 0.3 is 0 Å². The van der Waals surface area contributed by atoms with Crippen molar-refractivity contribution in [2.45, 2.75) is 26.8 Å². The summed E-state index contributed by atoms with van der Waals surface area (Å²) in [4.78, 5) is 37.3. The molecule has 26 heavy (non-hydrogen) atoms. The van der Waals surface area contributed by atoms with E-state index in [0.29, 0.717) is 26.2 Å². The molecule has 1 saturated heterocycles. The van der Waals surface area contributed by atoms with Gasteiger partial charge in [0.2, 0.25) is 5.91 Å². The number of piperazine rings is 1. The summed E-state index contributed by atoms with van der Waals surface area (Å²) >= 11 is 0. The normalized spacial score (nSPS) is 15.7. The molecule has 2 amide bonds. The van der Waals surface area contributed by atoms with Gasteiger partial charge in [-0.3, -0.25) is 9.59 Å². The van der Waals surface area contributed by atoms with E-state index in [4.69, 9.17) is 4.42 Å². The van der Waals surface area contributed by atoms with Crippen molar-refractivity contribution < 1.29 is 14.0 Å². The third-order valence-corrected chi connectivity index (χ3v) is 4.33. The average molecular weight is 357 g/mol. The van der Waals surface area contributed by atoms with Crippen LogP contribution in [0.5, 0.6) is 0 Å². The van der Waals surface area contributed by atoms with Crippen LogP contribution >= 0.6 is 0 Å². The van der Waals surface area contributed by atoms with Crippen molar-refractivity contribution in [1.29, 1.82) is 0 Å². The van der Waals surface area contributed by atoms with Crippen molar-refractivity contribution in [2.75, 3.05) is 31.1 Å². The number of aryl methyl sites for hydroxylation is 2. The van der Waals surface area contributed by atoms with Gasteiger partial charge in [0.15, 0.2) is 5.76 Å². The molecule has 0 aliphatic carbocycles. The van der Waals surface area contributed by atoms with Crippen LogP contribution in [0.4, 0.5) is 5.82 Å². The van der Waals surface area contributed by atoms with Gasteiger partial charge in [-0.2, -0.15) is 0 Å². The van der Waals surface area contributed by atoms with Crippen LogP contribution in [0.2, 0.25) is 0 Å². The molecule has 1 atom stereocenters. The van der Waals surface area contributed by atoms with Crippen molar-refractivity contribution in [2.24, 2.45) is 0 Å². The molecule has 3 rings (SSSR count). The summed E-state index contributed by atoms with van der Waals surface area (Å²) in [5.41, 5.74) is 0.931. The molecule has 2 aromatic rings. The maximum absolute atomic E-state index is 12.6. The van der Waals surface area contributed by atoms with E-state index in [1.54, 1.807) is 24.0 Å². The molecule has 0 saturated carbocycles. The number of amides is 2. The number of furan rings is 1. The second kappa shape index (κ2) is 7.55. The minimum absolute atomic E-state index is 0.0976. The smallest absolute Gasteiger partial charge is 0.287 e. The van der Waals surface area contributed by atoms with Crippen LogP contribution in [0.25, 0.3) is 0 Å². The van der Waals surface area contributed by atoms with Crippen molar-refractivity contribution >= 4 is 17.6 Å². The zero-order chi connectivity index (χ0) is 18.7. The summed E-state index contributed by atoms with van der Waals surface area (Å²) in [5, 5.41) is 2.68. The first-order chi connectivity index (χ1) is 12.4. The second-order valence-electron chi connectivity index (χ2n) is 6.40. The first kappa shape index (κ1) is 17.9. The highest BCUT2D eigenvalue weighted by Crippen LogP contribution is 2.15. The van der Waals surface area contributed by atoms with Crippen LogP contribution in [0.3, 0.4) is 0 Å². The number of carbonyl (C=O) groups is 2. The van der Waals surface area contributed by atoms with E-state index in [2.05, 4.69) is 20.2 Å². The van der Waals surface area contributed by atoms with Gasteiger partial charge in [0, 0.05) is 37.9 Å². The van der Waals surface area contributed by atoms with Gasteiger partial charge in [0.05, 0.1) is 6.26 Å². The molecule has 8 nitrogen and oxygen atoms in total. The average Bonchev–Trinajstić information content (AvgIpc) is 3.15. The summed E-state index contributed by atoms with van der Waals surface area (Å²) < 4.78 is 5.05. The fourth-order valence-corrected chi connectivity index (χ4v) is 3.03. The summed E-state index contributed by atoms with van der Waals surface area (Å²) in [5.74, 6) is 1.35. The van der Waals surface area contributed by atoms with Crippen molar-refractivity contribution in [3.05, 3.63) is 41.7 Å². The zero-order valence-electron chi connectivity index (χ0n) is 15.2. The molecular formula is C18H23N5O3. The predicted octanol–water partition coefficient (Wildman–Crippen LogP) is 1.15. The largest absolute Gasteiger partial charge is 0.459 e. The molecule has 3 heterocycles. The van der Waals surface area contributed by atoms with Crippen LogP contribution < -0.4 is 10.2 Å². The quantitative estimate of drug-likeness (QED) is 0.883. The molecule has 0 radical (unpaired) electrons. The van der Waals surface area contributed by atoms with Crippen LogP contribution in [-0.2, 0) is 4.79 Å². The lowest BCUT2D eigenvalue weighted by atomic mass is 10.2. The lowest BCUT2D eigenvalue weighted by molar-refractivity contribution is -0.133. The predicted molar refractivity (Wildman–Crippen MR) is 95.9 cm³/mol. The molecule has 0 spiro atoms. The van der Waals surface area contributed by atoms with Crippen molar-refractivity contribution in [1.82, 2.24) is 20.2 Å². The lowest BCUT2D eigenvalue weighted by Crippen LogP contribution is -2.54. The van der Waals surface area contributed by atoms with Gasteiger partial charge in [-0.15, -0.1) is 0 Å². The van der Waals surface area contributed by atoms with E-state index >= 15 is 0 Å². The Bertz CT molecular complexity index is 762. The second-order valence-corrected chi connectivity index (χ2v) is 6.40. The molecule has 2 aromatic heterocycles. The maximum Gasteiger partial charge on any atom is 0.287 e. The Hall–Kier alpha value is -2.90. The first-order valence-corrected chi connectivity index (χ1v) is 8.64. The molecule has 8 heteroatoms. The maximum atomic E-state index is 12.6. The fraction of sp³-hybridized carbons (Fsp3) is 0.444. The molecule has 1 N–H and O–H groups in total. The lowest BCUT2D eigenvalue weighted by Gasteiger charge is -2.36. The molecular weight excluding hydrogens is 334 g/mol. The minimum Gasteiger partial charge on any atom is -0.459 e. The van der Waals surface area contributed by atoms with Gasteiger partial charge in [0.1, 0.15) is 17.7 Å². The Morgan fingerprint density at radius 3 is 2.54 bits per heavy atom. The van der Waals surface area contributed by atoms with Crippen LogP contribution in [0.15, 0.2) is 28.9 Å². The molecule has 0 bridgehead atoms. The highest BCUT2D eigenvalue weighted by atomic mass is 16.3. The SMILES string of the molecule is Cc1cc(N2CCN(C(=O)C(C)NC(=O)c3ccco3)CC2)nc(C)n1. The molecule has 1 aliphatic heterocycles. The number of aromatic nitrogens is 2. The van der Waals surface area contributed by atoms with Gasteiger partial charge in [-0.25, -0.2) is 9.97 Å². The zero-order valence-corrected chi connectivity index (χ0v) is 15.2. The van der Waals surface area contributed by atoms with E-state index in [-0.39, 0.29) is 17.6 Å². The fourth-order valence-electron chi connectivity index (χ4n) is 3.03. The summed E-state index contributed by atoms with van der Waals surface area (Å²) in [6.07, 6.45) is 1.43. The van der Waals surface area contributed by atoms with E-state index in [9.17, 15) is 9.59 Å². The molecule has 138 valence electrons. The van der Waals surface area contributed by atoms with E-state index in [1.165, 1.54) is 6.26 Å². The number of hydrogen-bond donors (Lipinski definition) is 1. The van der Waals surface area contributed by atoms with E-state index < -0.39 is 6.04 Å². The number of rotatable bonds is 4. The number of hydrogen-bond acceptors (Lipinski definition) is 6. The van der Waals surface area contributed by atoms with Gasteiger partial charge in [-0.05, 0) is 32.9 Å². The molecule has 1 unspecified atom stereocenters. The highest BCUT2D eigenvalue weighted by molar-refractivity contribution is 5.95. The monoisotopic (exact) mass is 357 g/mol. The third-order valence-electron chi connectivity index (χ3n) is 4.33. The Kier molecular flexibility index (Phi) is 5.20. The van der Waals surface area contributed by atoms with Crippen LogP contribution in [-0.4, -0.2) is 58.9 Å². The van der Waals surface area contributed by atoms with Crippen molar-refractivity contribution in [3.8, 4) is 0 Å². The van der Waals surface area contributed by atoms with Crippen molar-refractivity contribution in [3.63, 3.8) is 0 Å². The first-order valence-electron chi connectivity index (χ1n) is 8.64. The van der Waals surface area contributed by atoms with E-state index in [1.807, 2.05) is 19.9 Å². The Balaban J connectivity index is 1.55. The summed E-state index contributed by atoms with van der Waals surface area (Å²) in [7, 11) is 0. The molecule has 0 aromatic carbocycles. The number of anilines is 1. The number of carbonyl (C=O) groups excluding carboxylic acids is 2. The number of nitrogens with one attached hydrogen (secondary N) is 1. The number of nitrogens with zero attached hydrogens (tertiary/aromatic N) is 4. The van der Waals surface area contributed by atoms with E-state index in [0.717, 1.165) is 17.3 Å². The molecule has 1 aliphatic rings.